The third kappa shape index (κ3) is 3.65. The van der Waals surface area contributed by atoms with Crippen LogP contribution in [0.25, 0.3) is 0 Å². The SMILES string of the molecule is COCC(C)Sc1ccc(N)nc1. The average Bonchev–Trinajstić information content (AvgIpc) is 2.09. The first-order valence-corrected chi connectivity index (χ1v) is 4.97. The summed E-state index contributed by atoms with van der Waals surface area (Å²) in [7, 11) is 1.71. The quantitative estimate of drug-likeness (QED) is 0.749. The van der Waals surface area contributed by atoms with Crippen LogP contribution in [0.1, 0.15) is 6.92 Å². The molecule has 1 aromatic heterocycles. The second kappa shape index (κ2) is 5.09. The number of hydrogen-bond donors (Lipinski definition) is 1. The number of aromatic nitrogens is 1. The van der Waals surface area contributed by atoms with Gasteiger partial charge in [0.15, 0.2) is 0 Å². The fourth-order valence-corrected chi connectivity index (χ4v) is 1.89. The lowest BCUT2D eigenvalue weighted by atomic mass is 10.5. The van der Waals surface area contributed by atoms with Crippen LogP contribution < -0.4 is 5.73 Å². The minimum absolute atomic E-state index is 0.440. The van der Waals surface area contributed by atoms with Crippen LogP contribution in [0.3, 0.4) is 0 Å². The molecule has 0 amide bonds. The van der Waals surface area contributed by atoms with Gasteiger partial charge < -0.3 is 10.5 Å². The van der Waals surface area contributed by atoms with Crippen LogP contribution in [0.2, 0.25) is 0 Å². The monoisotopic (exact) mass is 198 g/mol. The molecule has 0 spiro atoms. The van der Waals surface area contributed by atoms with E-state index in [1.54, 1.807) is 25.1 Å². The Bertz CT molecular complexity index is 250. The minimum atomic E-state index is 0.440. The molecule has 0 saturated carbocycles. The molecule has 1 aromatic rings. The number of nitrogens with zero attached hydrogens (tertiary/aromatic N) is 1. The molecule has 3 nitrogen and oxygen atoms in total. The zero-order valence-corrected chi connectivity index (χ0v) is 8.67. The van der Waals surface area contributed by atoms with Gasteiger partial charge in [-0.25, -0.2) is 4.98 Å². The molecule has 4 heteroatoms. The van der Waals surface area contributed by atoms with Crippen LogP contribution >= 0.6 is 11.8 Å². The molecular formula is C9H14N2OS. The molecule has 0 fully saturated rings. The lowest BCUT2D eigenvalue weighted by Gasteiger charge is -2.08. The van der Waals surface area contributed by atoms with Gasteiger partial charge in [0.25, 0.3) is 0 Å². The number of hydrogen-bond acceptors (Lipinski definition) is 4. The molecule has 2 N–H and O–H groups in total. The van der Waals surface area contributed by atoms with Crippen molar-refractivity contribution in [2.75, 3.05) is 19.5 Å². The zero-order chi connectivity index (χ0) is 9.68. The standard InChI is InChI=1S/C9H14N2OS/c1-7(6-12-2)13-8-3-4-9(10)11-5-8/h3-5,7H,6H2,1-2H3,(H2,10,11). The Morgan fingerprint density at radius 1 is 1.62 bits per heavy atom. The molecule has 0 aliphatic rings. The van der Waals surface area contributed by atoms with E-state index in [4.69, 9.17) is 10.5 Å². The summed E-state index contributed by atoms with van der Waals surface area (Å²) in [5.74, 6) is 0.559. The van der Waals surface area contributed by atoms with Gasteiger partial charge in [0.2, 0.25) is 0 Å². The lowest BCUT2D eigenvalue weighted by Crippen LogP contribution is -2.04. The van der Waals surface area contributed by atoms with Gasteiger partial charge in [0.05, 0.1) is 6.61 Å². The summed E-state index contributed by atoms with van der Waals surface area (Å²) in [6.07, 6.45) is 1.78. The van der Waals surface area contributed by atoms with Gasteiger partial charge >= 0.3 is 0 Å². The lowest BCUT2D eigenvalue weighted by molar-refractivity contribution is 0.203. The Kier molecular flexibility index (Phi) is 4.05. The normalized spacial score (nSPS) is 12.8. The summed E-state index contributed by atoms with van der Waals surface area (Å²) in [6, 6.07) is 3.78. The zero-order valence-electron chi connectivity index (χ0n) is 7.86. The van der Waals surface area contributed by atoms with E-state index in [0.717, 1.165) is 11.5 Å². The Labute approximate surface area is 82.7 Å². The summed E-state index contributed by atoms with van der Waals surface area (Å²) < 4.78 is 5.03. The van der Waals surface area contributed by atoms with E-state index in [-0.39, 0.29) is 0 Å². The van der Waals surface area contributed by atoms with E-state index in [1.165, 1.54) is 0 Å². The summed E-state index contributed by atoms with van der Waals surface area (Å²) in [6.45, 7) is 2.86. The van der Waals surface area contributed by atoms with E-state index in [1.807, 2.05) is 12.1 Å². The summed E-state index contributed by atoms with van der Waals surface area (Å²) in [5.41, 5.74) is 5.47. The van der Waals surface area contributed by atoms with Gasteiger partial charge in [0.1, 0.15) is 5.82 Å². The first-order chi connectivity index (χ1) is 6.22. The maximum atomic E-state index is 5.47. The molecule has 1 heterocycles. The van der Waals surface area contributed by atoms with Crippen molar-refractivity contribution in [2.24, 2.45) is 0 Å². The molecular weight excluding hydrogens is 184 g/mol. The van der Waals surface area contributed by atoms with Crippen LogP contribution in [0.15, 0.2) is 23.2 Å². The number of rotatable bonds is 4. The van der Waals surface area contributed by atoms with Crippen LogP contribution in [0.5, 0.6) is 0 Å². The number of nitrogen functional groups attached to an aromatic ring is 1. The van der Waals surface area contributed by atoms with Crippen LogP contribution in [0.4, 0.5) is 5.82 Å². The van der Waals surface area contributed by atoms with Gasteiger partial charge in [-0.05, 0) is 12.1 Å². The number of ether oxygens (including phenoxy) is 1. The number of thioether (sulfide) groups is 1. The van der Waals surface area contributed by atoms with Crippen LogP contribution in [0, 0.1) is 0 Å². The first-order valence-electron chi connectivity index (χ1n) is 4.09. The summed E-state index contributed by atoms with van der Waals surface area (Å²) >= 11 is 1.73. The first kappa shape index (κ1) is 10.3. The van der Waals surface area contributed by atoms with Crippen molar-refractivity contribution in [3.8, 4) is 0 Å². The number of nitrogens with two attached hydrogens (primary N) is 1. The number of pyridine rings is 1. The van der Waals surface area contributed by atoms with Crippen molar-refractivity contribution in [3.05, 3.63) is 18.3 Å². The van der Waals surface area contributed by atoms with Crippen molar-refractivity contribution < 1.29 is 4.74 Å². The van der Waals surface area contributed by atoms with Crippen molar-refractivity contribution in [1.29, 1.82) is 0 Å². The van der Waals surface area contributed by atoms with Gasteiger partial charge in [-0.2, -0.15) is 0 Å². The molecule has 0 saturated heterocycles. The Hall–Kier alpha value is -0.740. The molecule has 0 aliphatic heterocycles. The summed E-state index contributed by atoms with van der Waals surface area (Å²) in [4.78, 5) is 5.13. The van der Waals surface area contributed by atoms with Crippen LogP contribution in [-0.4, -0.2) is 24.0 Å². The van der Waals surface area contributed by atoms with Crippen molar-refractivity contribution in [3.63, 3.8) is 0 Å². The molecule has 0 bridgehead atoms. The van der Waals surface area contributed by atoms with Gasteiger partial charge in [-0.1, -0.05) is 6.92 Å². The second-order valence-electron chi connectivity index (χ2n) is 2.80. The highest BCUT2D eigenvalue weighted by Gasteiger charge is 2.03. The summed E-state index contributed by atoms with van der Waals surface area (Å²) in [5, 5.41) is 0.440. The molecule has 1 atom stereocenters. The van der Waals surface area contributed by atoms with Crippen molar-refractivity contribution in [1.82, 2.24) is 4.98 Å². The van der Waals surface area contributed by atoms with Gasteiger partial charge in [-0.15, -0.1) is 11.8 Å². The van der Waals surface area contributed by atoms with Crippen molar-refractivity contribution >= 4 is 17.6 Å². The smallest absolute Gasteiger partial charge is 0.123 e. The number of anilines is 1. The maximum Gasteiger partial charge on any atom is 0.123 e. The molecule has 0 aliphatic carbocycles. The van der Waals surface area contributed by atoms with Gasteiger partial charge in [-0.3, -0.25) is 0 Å². The fraction of sp³-hybridized carbons (Fsp3) is 0.444. The molecule has 0 aromatic carbocycles. The Morgan fingerprint density at radius 3 is 2.92 bits per heavy atom. The highest BCUT2D eigenvalue weighted by molar-refractivity contribution is 8.00. The maximum absolute atomic E-state index is 5.47. The third-order valence-electron chi connectivity index (χ3n) is 1.50. The Balaban J connectivity index is 2.49. The Morgan fingerprint density at radius 2 is 2.38 bits per heavy atom. The topological polar surface area (TPSA) is 48.1 Å². The molecule has 72 valence electrons. The van der Waals surface area contributed by atoms with E-state index in [0.29, 0.717) is 11.1 Å². The van der Waals surface area contributed by atoms with E-state index in [9.17, 15) is 0 Å². The van der Waals surface area contributed by atoms with E-state index in [2.05, 4.69) is 11.9 Å². The molecule has 1 unspecified atom stereocenters. The third-order valence-corrected chi connectivity index (χ3v) is 2.55. The highest BCUT2D eigenvalue weighted by atomic mass is 32.2. The predicted octanol–water partition coefficient (Wildman–Crippen LogP) is 1.79. The molecule has 1 rings (SSSR count). The molecule has 13 heavy (non-hydrogen) atoms. The average molecular weight is 198 g/mol. The van der Waals surface area contributed by atoms with Crippen LogP contribution in [-0.2, 0) is 4.74 Å². The predicted molar refractivity (Wildman–Crippen MR) is 55.8 cm³/mol. The van der Waals surface area contributed by atoms with E-state index < -0.39 is 0 Å². The van der Waals surface area contributed by atoms with Crippen molar-refractivity contribution in [2.45, 2.75) is 17.1 Å². The molecule has 0 radical (unpaired) electrons. The largest absolute Gasteiger partial charge is 0.384 e. The highest BCUT2D eigenvalue weighted by Crippen LogP contribution is 2.22. The number of methoxy groups -OCH3 is 1. The minimum Gasteiger partial charge on any atom is -0.384 e. The van der Waals surface area contributed by atoms with Gasteiger partial charge in [0, 0.05) is 23.5 Å². The second-order valence-corrected chi connectivity index (χ2v) is 4.31. The fourth-order valence-electron chi connectivity index (χ4n) is 0.962. The van der Waals surface area contributed by atoms with E-state index >= 15 is 0 Å².